The van der Waals surface area contributed by atoms with Crippen molar-refractivity contribution in [3.63, 3.8) is 0 Å². The summed E-state index contributed by atoms with van der Waals surface area (Å²) < 4.78 is 2.14. The molecule has 0 unspecified atom stereocenters. The van der Waals surface area contributed by atoms with Gasteiger partial charge in [0.05, 0.1) is 18.3 Å². The molecule has 6 nitrogen and oxygen atoms in total. The van der Waals surface area contributed by atoms with Crippen molar-refractivity contribution in [1.82, 2.24) is 30.0 Å². The van der Waals surface area contributed by atoms with Crippen molar-refractivity contribution in [2.24, 2.45) is 12.5 Å². The molecule has 0 bridgehead atoms. The molecule has 1 aliphatic carbocycles. The number of hydrogen-bond donors (Lipinski definition) is 2. The first-order chi connectivity index (χ1) is 12.7. The van der Waals surface area contributed by atoms with E-state index in [1.165, 1.54) is 30.2 Å². The van der Waals surface area contributed by atoms with Gasteiger partial charge in [-0.2, -0.15) is 5.10 Å². The van der Waals surface area contributed by atoms with Gasteiger partial charge in [0, 0.05) is 37.4 Å². The van der Waals surface area contributed by atoms with Gasteiger partial charge in [0.15, 0.2) is 0 Å². The number of fused-ring (bicyclic) bond motifs is 1. The van der Waals surface area contributed by atoms with Crippen LogP contribution < -0.4 is 5.32 Å². The highest BCUT2D eigenvalue weighted by Crippen LogP contribution is 2.56. The Morgan fingerprint density at radius 2 is 2.15 bits per heavy atom. The maximum Gasteiger partial charge on any atom is 0.122 e. The lowest BCUT2D eigenvalue weighted by molar-refractivity contribution is 0.183. The van der Waals surface area contributed by atoms with E-state index >= 15 is 0 Å². The van der Waals surface area contributed by atoms with E-state index in [1.54, 1.807) is 0 Å². The third-order valence-electron chi connectivity index (χ3n) is 6.34. The van der Waals surface area contributed by atoms with Crippen molar-refractivity contribution in [3.8, 4) is 0 Å². The van der Waals surface area contributed by atoms with Crippen LogP contribution in [0.1, 0.15) is 30.7 Å². The summed E-state index contributed by atoms with van der Waals surface area (Å²) in [5.74, 6) is 1.14. The highest BCUT2D eigenvalue weighted by Gasteiger charge is 2.56. The summed E-state index contributed by atoms with van der Waals surface area (Å²) in [6.45, 7) is 4.19. The van der Waals surface area contributed by atoms with Crippen LogP contribution in [0.2, 0.25) is 0 Å². The van der Waals surface area contributed by atoms with E-state index in [0.717, 1.165) is 37.5 Å². The summed E-state index contributed by atoms with van der Waals surface area (Å²) in [6, 6.07) is 7.31. The Hall–Kier alpha value is -2.18. The highest BCUT2D eigenvalue weighted by atomic mass is 15.2. The largest absolute Gasteiger partial charge is 0.337 e. The first-order valence-electron chi connectivity index (χ1n) is 9.57. The van der Waals surface area contributed by atoms with Gasteiger partial charge >= 0.3 is 0 Å². The fraction of sp³-hybridized carbons (Fsp3) is 0.500. The van der Waals surface area contributed by atoms with E-state index in [9.17, 15) is 0 Å². The summed E-state index contributed by atoms with van der Waals surface area (Å²) >= 11 is 0. The quantitative estimate of drug-likeness (QED) is 0.742. The van der Waals surface area contributed by atoms with Crippen LogP contribution in [0, 0.1) is 5.41 Å². The second kappa shape index (κ2) is 6.21. The van der Waals surface area contributed by atoms with Gasteiger partial charge in [0.1, 0.15) is 5.82 Å². The third-order valence-corrected chi connectivity index (χ3v) is 6.34. The van der Waals surface area contributed by atoms with Gasteiger partial charge in [-0.05, 0) is 49.4 Å². The number of benzene rings is 1. The number of aromatic amines is 1. The normalized spacial score (nSPS) is 21.7. The molecule has 0 radical (unpaired) electrons. The predicted molar refractivity (Wildman–Crippen MR) is 101 cm³/mol. The van der Waals surface area contributed by atoms with Crippen LogP contribution in [0.15, 0.2) is 36.8 Å². The number of aromatic nitrogens is 4. The first-order valence-corrected chi connectivity index (χ1v) is 9.57. The van der Waals surface area contributed by atoms with E-state index < -0.39 is 0 Å². The van der Waals surface area contributed by atoms with Gasteiger partial charge in [-0.3, -0.25) is 10.00 Å². The number of hydrogen-bond acceptors (Lipinski definition) is 4. The van der Waals surface area contributed by atoms with E-state index in [-0.39, 0.29) is 0 Å². The van der Waals surface area contributed by atoms with Crippen molar-refractivity contribution in [3.05, 3.63) is 48.2 Å². The van der Waals surface area contributed by atoms with Crippen LogP contribution in [-0.4, -0.2) is 43.8 Å². The molecule has 1 aliphatic heterocycles. The molecule has 3 aromatic rings. The minimum absolute atomic E-state index is 0.522. The average molecular weight is 350 g/mol. The molecule has 5 rings (SSSR count). The molecule has 1 aromatic carbocycles. The number of nitrogens with zero attached hydrogens (tertiary/aromatic N) is 4. The Morgan fingerprint density at radius 3 is 2.96 bits per heavy atom. The minimum atomic E-state index is 0.522. The van der Waals surface area contributed by atoms with Crippen LogP contribution in [0.5, 0.6) is 0 Å². The smallest absolute Gasteiger partial charge is 0.122 e. The lowest BCUT2D eigenvalue weighted by atomic mass is 9.93. The van der Waals surface area contributed by atoms with E-state index in [0.29, 0.717) is 11.5 Å². The topological polar surface area (TPSA) is 61.8 Å². The molecule has 2 aliphatic rings. The molecular weight excluding hydrogens is 324 g/mol. The van der Waals surface area contributed by atoms with Crippen molar-refractivity contribution in [1.29, 1.82) is 0 Å². The molecule has 1 saturated carbocycles. The molecule has 26 heavy (non-hydrogen) atoms. The summed E-state index contributed by atoms with van der Waals surface area (Å²) in [4.78, 5) is 7.22. The Morgan fingerprint density at radius 1 is 1.27 bits per heavy atom. The third kappa shape index (κ3) is 2.83. The Balaban J connectivity index is 1.40. The second-order valence-corrected chi connectivity index (χ2v) is 7.98. The van der Waals surface area contributed by atoms with Crippen molar-refractivity contribution >= 4 is 10.9 Å². The van der Waals surface area contributed by atoms with Crippen LogP contribution in [0.25, 0.3) is 10.9 Å². The molecule has 2 fully saturated rings. The number of imidazole rings is 1. The van der Waals surface area contributed by atoms with Gasteiger partial charge in [-0.15, -0.1) is 0 Å². The molecule has 1 saturated heterocycles. The summed E-state index contributed by atoms with van der Waals surface area (Å²) in [5, 5.41) is 11.9. The van der Waals surface area contributed by atoms with Gasteiger partial charge in [0.25, 0.3) is 0 Å². The summed E-state index contributed by atoms with van der Waals surface area (Å²) in [6.07, 6.45) is 9.75. The minimum Gasteiger partial charge on any atom is -0.337 e. The van der Waals surface area contributed by atoms with Crippen molar-refractivity contribution < 1.29 is 0 Å². The first kappa shape index (κ1) is 16.0. The number of rotatable bonds is 5. The number of piperidine rings is 1. The van der Waals surface area contributed by atoms with E-state index in [4.69, 9.17) is 0 Å². The summed E-state index contributed by atoms with van der Waals surface area (Å²) in [5.41, 5.74) is 2.98. The monoisotopic (exact) mass is 350 g/mol. The van der Waals surface area contributed by atoms with Gasteiger partial charge in [0.2, 0.25) is 0 Å². The highest BCUT2D eigenvalue weighted by molar-refractivity contribution is 5.78. The second-order valence-electron chi connectivity index (χ2n) is 7.98. The lowest BCUT2D eigenvalue weighted by Gasteiger charge is -2.29. The van der Waals surface area contributed by atoms with Crippen molar-refractivity contribution in [2.75, 3.05) is 13.1 Å². The molecule has 6 heteroatoms. The Bertz CT molecular complexity index is 904. The van der Waals surface area contributed by atoms with Gasteiger partial charge in [-0.25, -0.2) is 4.98 Å². The molecule has 136 valence electrons. The van der Waals surface area contributed by atoms with Crippen LogP contribution in [-0.2, 0) is 20.1 Å². The Kier molecular flexibility index (Phi) is 3.83. The number of H-pyrrole nitrogens is 1. The zero-order chi connectivity index (χ0) is 17.6. The molecule has 1 atom stereocenters. The van der Waals surface area contributed by atoms with Gasteiger partial charge in [-0.1, -0.05) is 12.1 Å². The average Bonchev–Trinajstić information content (AvgIpc) is 2.98. The molecule has 2 aromatic heterocycles. The van der Waals surface area contributed by atoms with E-state index in [1.807, 2.05) is 18.6 Å². The van der Waals surface area contributed by atoms with Crippen LogP contribution in [0.4, 0.5) is 0 Å². The standard InChI is InChI=1S/C20H26N6/c1-25-9-8-22-19(25)14-26(18-11-20(18)4-6-21-7-5-20)13-15-2-3-16-12-23-24-17(16)10-15/h2-3,8-10,12,18,21H,4-7,11,13-14H2,1H3,(H,23,24)/t18-/m1/s1. The maximum atomic E-state index is 4.58. The molecule has 2 N–H and O–H groups in total. The van der Waals surface area contributed by atoms with Crippen LogP contribution in [0.3, 0.4) is 0 Å². The zero-order valence-electron chi connectivity index (χ0n) is 15.3. The number of aryl methyl sites for hydroxylation is 1. The molecule has 0 amide bonds. The number of nitrogens with one attached hydrogen (secondary N) is 2. The van der Waals surface area contributed by atoms with E-state index in [2.05, 4.69) is 55.2 Å². The van der Waals surface area contributed by atoms with Gasteiger partial charge < -0.3 is 9.88 Å². The Labute approximate surface area is 153 Å². The fourth-order valence-electron chi connectivity index (χ4n) is 4.63. The molecule has 1 spiro atoms. The summed E-state index contributed by atoms with van der Waals surface area (Å²) in [7, 11) is 2.09. The SMILES string of the molecule is Cn1ccnc1CN(Cc1ccc2cn[nH]c2c1)[C@@H]1CC12CCNCC2. The molecule has 3 heterocycles. The maximum absolute atomic E-state index is 4.58. The molecular formula is C20H26N6. The lowest BCUT2D eigenvalue weighted by Crippen LogP contribution is -2.36. The predicted octanol–water partition coefficient (Wildman–Crippen LogP) is 2.44. The van der Waals surface area contributed by atoms with Crippen LogP contribution >= 0.6 is 0 Å². The van der Waals surface area contributed by atoms with Crippen molar-refractivity contribution in [2.45, 2.75) is 38.4 Å². The fourth-order valence-corrected chi connectivity index (χ4v) is 4.63. The zero-order valence-corrected chi connectivity index (χ0v) is 15.3.